The van der Waals surface area contributed by atoms with E-state index < -0.39 is 10.0 Å². The van der Waals surface area contributed by atoms with Crippen molar-refractivity contribution in [3.8, 4) is 0 Å². The molecule has 22 heavy (non-hydrogen) atoms. The Hall–Kier alpha value is -1.38. The zero-order valence-electron chi connectivity index (χ0n) is 12.1. The van der Waals surface area contributed by atoms with Gasteiger partial charge in [-0.15, -0.1) is 0 Å². The van der Waals surface area contributed by atoms with Gasteiger partial charge in [-0.05, 0) is 30.2 Å². The van der Waals surface area contributed by atoms with Crippen LogP contribution < -0.4 is 9.62 Å². The van der Waals surface area contributed by atoms with E-state index >= 15 is 0 Å². The van der Waals surface area contributed by atoms with E-state index in [1.165, 1.54) is 6.26 Å². The van der Waals surface area contributed by atoms with E-state index in [0.717, 1.165) is 21.4 Å². The quantitative estimate of drug-likeness (QED) is 0.839. The fraction of sp³-hybridized carbons (Fsp3) is 0.357. The summed E-state index contributed by atoms with van der Waals surface area (Å²) >= 11 is 3.48. The minimum absolute atomic E-state index is 0.143. The predicted octanol–water partition coefficient (Wildman–Crippen LogP) is 1.65. The summed E-state index contributed by atoms with van der Waals surface area (Å²) < 4.78 is 26.8. The van der Waals surface area contributed by atoms with Crippen LogP contribution in [0.4, 0.5) is 5.69 Å². The Morgan fingerprint density at radius 3 is 3.00 bits per heavy atom. The zero-order chi connectivity index (χ0) is 15.7. The number of imidazole rings is 1. The summed E-state index contributed by atoms with van der Waals surface area (Å²) in [6.45, 7) is 1.26. The molecule has 0 fully saturated rings. The molecule has 1 atom stereocenters. The molecule has 1 aliphatic heterocycles. The third-order valence-electron chi connectivity index (χ3n) is 3.58. The van der Waals surface area contributed by atoms with Gasteiger partial charge in [-0.25, -0.2) is 18.1 Å². The number of H-pyrrole nitrogens is 1. The van der Waals surface area contributed by atoms with E-state index in [9.17, 15) is 8.42 Å². The van der Waals surface area contributed by atoms with E-state index in [4.69, 9.17) is 0 Å². The van der Waals surface area contributed by atoms with Crippen molar-refractivity contribution in [1.82, 2.24) is 14.7 Å². The van der Waals surface area contributed by atoms with E-state index in [0.29, 0.717) is 19.5 Å². The van der Waals surface area contributed by atoms with Crippen LogP contribution in [0.1, 0.15) is 11.3 Å². The fourth-order valence-corrected chi connectivity index (χ4v) is 4.00. The molecular weight excluding hydrogens is 368 g/mol. The number of halogens is 1. The molecule has 1 aromatic carbocycles. The van der Waals surface area contributed by atoms with E-state index in [1.807, 2.05) is 18.3 Å². The van der Waals surface area contributed by atoms with Gasteiger partial charge in [-0.2, -0.15) is 0 Å². The van der Waals surface area contributed by atoms with Crippen LogP contribution in [0.5, 0.6) is 0 Å². The summed E-state index contributed by atoms with van der Waals surface area (Å²) in [6.07, 6.45) is 5.38. The van der Waals surface area contributed by atoms with Crippen molar-refractivity contribution in [1.29, 1.82) is 0 Å². The normalized spacial score (nSPS) is 18.3. The Morgan fingerprint density at radius 2 is 2.32 bits per heavy atom. The van der Waals surface area contributed by atoms with Crippen LogP contribution in [0.3, 0.4) is 0 Å². The fourth-order valence-electron chi connectivity index (χ4n) is 2.82. The summed E-state index contributed by atoms with van der Waals surface area (Å²) in [5.74, 6) is 0. The molecule has 0 saturated carbocycles. The lowest BCUT2D eigenvalue weighted by molar-refractivity contribution is 0.527. The summed E-state index contributed by atoms with van der Waals surface area (Å²) in [5.41, 5.74) is 3.17. The predicted molar refractivity (Wildman–Crippen MR) is 89.3 cm³/mol. The zero-order valence-corrected chi connectivity index (χ0v) is 14.5. The molecule has 1 unspecified atom stereocenters. The molecule has 0 aliphatic carbocycles. The van der Waals surface area contributed by atoms with Gasteiger partial charge in [0.25, 0.3) is 0 Å². The number of nitrogens with one attached hydrogen (secondary N) is 2. The first kappa shape index (κ1) is 15.5. The summed E-state index contributed by atoms with van der Waals surface area (Å²) in [5, 5.41) is 0. The van der Waals surface area contributed by atoms with E-state index in [2.05, 4.69) is 41.6 Å². The number of anilines is 1. The molecule has 2 N–H and O–H groups in total. The van der Waals surface area contributed by atoms with Crippen molar-refractivity contribution < 1.29 is 8.42 Å². The molecule has 3 rings (SSSR count). The summed E-state index contributed by atoms with van der Waals surface area (Å²) in [4.78, 5) is 9.36. The second-order valence-electron chi connectivity index (χ2n) is 5.51. The molecule has 0 saturated heterocycles. The highest BCUT2D eigenvalue weighted by Gasteiger charge is 2.26. The standard InChI is InChI=1S/C14H17BrN4O2S/c1-22(20,21)18-12-5-10-4-11(15)2-3-14(10)19(7-12)8-13-6-16-9-17-13/h2-4,6,9,12,18H,5,7-8H2,1H3,(H,16,17). The highest BCUT2D eigenvalue weighted by molar-refractivity contribution is 9.10. The number of aromatic nitrogens is 2. The van der Waals surface area contributed by atoms with Crippen LogP contribution in [-0.4, -0.2) is 37.2 Å². The molecule has 0 bridgehead atoms. The van der Waals surface area contributed by atoms with Crippen LogP contribution >= 0.6 is 15.9 Å². The van der Waals surface area contributed by atoms with Crippen LogP contribution in [-0.2, 0) is 23.0 Å². The Kier molecular flexibility index (Phi) is 4.24. The SMILES string of the molecule is CS(=O)(=O)NC1Cc2cc(Br)ccc2N(Cc2c[nH]cn2)C1. The first-order valence-corrected chi connectivity index (χ1v) is 9.57. The molecule has 0 spiro atoms. The molecule has 1 aromatic heterocycles. The van der Waals surface area contributed by atoms with Gasteiger partial charge < -0.3 is 9.88 Å². The van der Waals surface area contributed by atoms with Crippen molar-refractivity contribution in [3.63, 3.8) is 0 Å². The number of aromatic amines is 1. The number of sulfonamides is 1. The van der Waals surface area contributed by atoms with Gasteiger partial charge in [0.15, 0.2) is 0 Å². The van der Waals surface area contributed by atoms with Crippen molar-refractivity contribution in [2.24, 2.45) is 0 Å². The Labute approximate surface area is 138 Å². The smallest absolute Gasteiger partial charge is 0.209 e. The molecule has 2 heterocycles. The second-order valence-corrected chi connectivity index (χ2v) is 8.20. The van der Waals surface area contributed by atoms with Crippen LogP contribution in [0.15, 0.2) is 35.2 Å². The first-order chi connectivity index (χ1) is 10.4. The largest absolute Gasteiger partial charge is 0.364 e. The Balaban J connectivity index is 1.90. The Bertz CT molecular complexity index is 761. The topological polar surface area (TPSA) is 78.1 Å². The lowest BCUT2D eigenvalue weighted by Gasteiger charge is -2.36. The molecule has 1 aliphatic rings. The van der Waals surface area contributed by atoms with E-state index in [1.54, 1.807) is 6.33 Å². The average molecular weight is 385 g/mol. The molecule has 0 amide bonds. The molecule has 118 valence electrons. The number of fused-ring (bicyclic) bond motifs is 1. The molecule has 0 radical (unpaired) electrons. The highest BCUT2D eigenvalue weighted by atomic mass is 79.9. The van der Waals surface area contributed by atoms with Gasteiger partial charge in [0, 0.05) is 28.9 Å². The molecule has 6 nitrogen and oxygen atoms in total. The first-order valence-electron chi connectivity index (χ1n) is 6.89. The Morgan fingerprint density at radius 1 is 1.50 bits per heavy atom. The number of benzene rings is 1. The minimum Gasteiger partial charge on any atom is -0.364 e. The molecule has 2 aromatic rings. The highest BCUT2D eigenvalue weighted by Crippen LogP contribution is 2.31. The van der Waals surface area contributed by atoms with E-state index in [-0.39, 0.29) is 6.04 Å². The van der Waals surface area contributed by atoms with Gasteiger partial charge in [0.2, 0.25) is 10.0 Å². The van der Waals surface area contributed by atoms with Gasteiger partial charge in [-0.3, -0.25) is 0 Å². The number of hydrogen-bond acceptors (Lipinski definition) is 4. The number of hydrogen-bond donors (Lipinski definition) is 2. The minimum atomic E-state index is -3.23. The lowest BCUT2D eigenvalue weighted by atomic mass is 9.98. The maximum absolute atomic E-state index is 11.5. The lowest BCUT2D eigenvalue weighted by Crippen LogP contribution is -2.47. The number of rotatable bonds is 4. The van der Waals surface area contributed by atoms with Crippen LogP contribution in [0.25, 0.3) is 0 Å². The monoisotopic (exact) mass is 384 g/mol. The van der Waals surface area contributed by atoms with Crippen molar-refractivity contribution in [2.75, 3.05) is 17.7 Å². The average Bonchev–Trinajstić information content (AvgIpc) is 2.89. The van der Waals surface area contributed by atoms with Gasteiger partial charge in [0.1, 0.15) is 0 Å². The van der Waals surface area contributed by atoms with Gasteiger partial charge in [-0.1, -0.05) is 15.9 Å². The third-order valence-corrected chi connectivity index (χ3v) is 4.83. The van der Waals surface area contributed by atoms with Crippen LogP contribution in [0.2, 0.25) is 0 Å². The second kappa shape index (κ2) is 6.02. The van der Waals surface area contributed by atoms with Crippen molar-refractivity contribution in [3.05, 3.63) is 46.5 Å². The van der Waals surface area contributed by atoms with Crippen LogP contribution in [0, 0.1) is 0 Å². The summed E-state index contributed by atoms with van der Waals surface area (Å²) in [7, 11) is -3.23. The third kappa shape index (κ3) is 3.68. The molecule has 8 heteroatoms. The van der Waals surface area contributed by atoms with Gasteiger partial charge >= 0.3 is 0 Å². The molecular formula is C14H17BrN4O2S. The maximum atomic E-state index is 11.5. The van der Waals surface area contributed by atoms with Crippen molar-refractivity contribution >= 4 is 31.6 Å². The summed E-state index contributed by atoms with van der Waals surface area (Å²) in [6, 6.07) is 5.96. The maximum Gasteiger partial charge on any atom is 0.209 e. The number of nitrogens with zero attached hydrogens (tertiary/aromatic N) is 2. The van der Waals surface area contributed by atoms with Gasteiger partial charge in [0.05, 0.1) is 24.8 Å². The van der Waals surface area contributed by atoms with Crippen molar-refractivity contribution in [2.45, 2.75) is 19.0 Å².